The van der Waals surface area contributed by atoms with Crippen LogP contribution in [0.25, 0.3) is 0 Å². The van der Waals surface area contributed by atoms with Gasteiger partial charge in [0.05, 0.1) is 12.5 Å². The molecule has 0 aromatic heterocycles. The molecule has 33 heavy (non-hydrogen) atoms. The van der Waals surface area contributed by atoms with Crippen molar-refractivity contribution < 1.29 is 39.0 Å². The lowest BCUT2D eigenvalue weighted by molar-refractivity contribution is -0.150. The second kappa shape index (κ2) is 12.7. The van der Waals surface area contributed by atoms with Gasteiger partial charge in [0.2, 0.25) is 23.6 Å². The number of nitrogens with two attached hydrogens (primary N) is 2. The highest BCUT2D eigenvalue weighted by atomic mass is 16.4. The molecule has 0 aromatic carbocycles. The zero-order chi connectivity index (χ0) is 25.3. The minimum atomic E-state index is -1.56. The SMILES string of the molecule is CCC(C)C(N)C(=O)NC(CCC(N)=O)C(=O)NC(CC(=O)O)C(=O)N1CCCC1C(=O)O. The lowest BCUT2D eigenvalue weighted by Crippen LogP contribution is -2.58. The predicted molar refractivity (Wildman–Crippen MR) is 114 cm³/mol. The number of amides is 4. The van der Waals surface area contributed by atoms with Crippen LogP contribution < -0.4 is 22.1 Å². The molecule has 13 heteroatoms. The van der Waals surface area contributed by atoms with Gasteiger partial charge in [-0.1, -0.05) is 20.3 Å². The molecular weight excluding hydrogens is 438 g/mol. The van der Waals surface area contributed by atoms with Crippen LogP contribution in [0, 0.1) is 5.92 Å². The van der Waals surface area contributed by atoms with E-state index in [4.69, 9.17) is 11.5 Å². The fourth-order valence-corrected chi connectivity index (χ4v) is 3.47. The van der Waals surface area contributed by atoms with Crippen molar-refractivity contribution in [3.63, 3.8) is 0 Å². The third-order valence-electron chi connectivity index (χ3n) is 5.69. The van der Waals surface area contributed by atoms with Crippen LogP contribution in [0.15, 0.2) is 0 Å². The third-order valence-corrected chi connectivity index (χ3v) is 5.69. The number of carboxylic acid groups (broad SMARTS) is 2. The van der Waals surface area contributed by atoms with Crippen molar-refractivity contribution >= 4 is 35.6 Å². The van der Waals surface area contributed by atoms with Crippen LogP contribution in [-0.2, 0) is 28.8 Å². The fourth-order valence-electron chi connectivity index (χ4n) is 3.47. The summed E-state index contributed by atoms with van der Waals surface area (Å²) >= 11 is 0. The van der Waals surface area contributed by atoms with Gasteiger partial charge in [0.1, 0.15) is 18.1 Å². The Morgan fingerprint density at radius 1 is 1.06 bits per heavy atom. The molecule has 8 N–H and O–H groups in total. The molecule has 5 atom stereocenters. The maximum Gasteiger partial charge on any atom is 0.326 e. The molecule has 1 saturated heterocycles. The summed E-state index contributed by atoms with van der Waals surface area (Å²) in [5.74, 6) is -5.97. The van der Waals surface area contributed by atoms with Crippen LogP contribution in [0.3, 0.4) is 0 Å². The van der Waals surface area contributed by atoms with Crippen LogP contribution in [0.4, 0.5) is 0 Å². The van der Waals surface area contributed by atoms with Gasteiger partial charge in [-0.05, 0) is 25.2 Å². The van der Waals surface area contributed by atoms with Gasteiger partial charge in [-0.25, -0.2) is 4.79 Å². The van der Waals surface area contributed by atoms with Crippen molar-refractivity contribution in [2.75, 3.05) is 6.54 Å². The summed E-state index contributed by atoms with van der Waals surface area (Å²) in [6, 6.07) is -4.93. The van der Waals surface area contributed by atoms with Crippen molar-refractivity contribution in [1.29, 1.82) is 0 Å². The van der Waals surface area contributed by atoms with E-state index >= 15 is 0 Å². The summed E-state index contributed by atoms with van der Waals surface area (Å²) in [5.41, 5.74) is 11.0. The summed E-state index contributed by atoms with van der Waals surface area (Å²) in [6.45, 7) is 3.69. The highest BCUT2D eigenvalue weighted by Crippen LogP contribution is 2.19. The van der Waals surface area contributed by atoms with E-state index in [1.54, 1.807) is 6.92 Å². The van der Waals surface area contributed by atoms with E-state index in [1.807, 2.05) is 6.92 Å². The Labute approximate surface area is 191 Å². The Kier molecular flexibility index (Phi) is 10.7. The number of carboxylic acids is 2. The number of primary amides is 1. The van der Waals surface area contributed by atoms with E-state index < -0.39 is 66.2 Å². The Bertz CT molecular complexity index is 774. The standard InChI is InChI=1S/C20H33N5O8/c1-3-10(2)16(22)18(30)23-11(6-7-14(21)26)17(29)24-12(9-15(27)28)19(31)25-8-4-5-13(25)20(32)33/h10-13,16H,3-9,22H2,1-2H3,(H2,21,26)(H,23,30)(H,24,29)(H,27,28)(H,32,33). The van der Waals surface area contributed by atoms with E-state index in [0.717, 1.165) is 4.90 Å². The molecule has 5 unspecified atom stereocenters. The first-order chi connectivity index (χ1) is 15.4. The van der Waals surface area contributed by atoms with E-state index in [2.05, 4.69) is 10.6 Å². The number of carbonyl (C=O) groups excluding carboxylic acids is 4. The molecule has 0 bridgehead atoms. The quantitative estimate of drug-likeness (QED) is 0.177. The van der Waals surface area contributed by atoms with Crippen LogP contribution in [-0.4, -0.2) is 81.4 Å². The molecule has 1 rings (SSSR count). The number of likely N-dealkylation sites (tertiary alicyclic amines) is 1. The number of nitrogens with one attached hydrogen (secondary N) is 2. The Morgan fingerprint density at radius 2 is 1.67 bits per heavy atom. The van der Waals surface area contributed by atoms with Gasteiger partial charge in [0.25, 0.3) is 0 Å². The highest BCUT2D eigenvalue weighted by molar-refractivity contribution is 5.96. The fraction of sp³-hybridized carbons (Fsp3) is 0.700. The topological polar surface area (TPSA) is 222 Å². The lowest BCUT2D eigenvalue weighted by atomic mass is 9.98. The second-order valence-electron chi connectivity index (χ2n) is 8.16. The molecule has 1 fully saturated rings. The largest absolute Gasteiger partial charge is 0.481 e. The van der Waals surface area contributed by atoms with Gasteiger partial charge >= 0.3 is 11.9 Å². The molecule has 1 aliphatic rings. The average Bonchev–Trinajstić information content (AvgIpc) is 3.23. The zero-order valence-electron chi connectivity index (χ0n) is 18.8. The smallest absolute Gasteiger partial charge is 0.326 e. The molecule has 4 amide bonds. The predicted octanol–water partition coefficient (Wildman–Crippen LogP) is -1.85. The normalized spacial score (nSPS) is 19.1. The van der Waals surface area contributed by atoms with Crippen molar-refractivity contribution in [1.82, 2.24) is 15.5 Å². The van der Waals surface area contributed by atoms with Gasteiger partial charge < -0.3 is 37.2 Å². The Morgan fingerprint density at radius 3 is 2.18 bits per heavy atom. The van der Waals surface area contributed by atoms with Gasteiger partial charge in [0.15, 0.2) is 0 Å². The summed E-state index contributed by atoms with van der Waals surface area (Å²) in [7, 11) is 0. The maximum atomic E-state index is 12.9. The van der Waals surface area contributed by atoms with E-state index in [-0.39, 0.29) is 31.7 Å². The van der Waals surface area contributed by atoms with Crippen LogP contribution in [0.2, 0.25) is 0 Å². The first kappa shape index (κ1) is 27.8. The molecule has 0 radical (unpaired) electrons. The molecule has 1 aliphatic heterocycles. The van der Waals surface area contributed by atoms with Gasteiger partial charge in [-0.15, -0.1) is 0 Å². The van der Waals surface area contributed by atoms with Gasteiger partial charge in [-0.3, -0.25) is 24.0 Å². The molecule has 0 aliphatic carbocycles. The average molecular weight is 472 g/mol. The maximum absolute atomic E-state index is 12.9. The second-order valence-corrected chi connectivity index (χ2v) is 8.16. The van der Waals surface area contributed by atoms with Gasteiger partial charge in [0, 0.05) is 13.0 Å². The number of aliphatic carboxylic acids is 2. The molecular formula is C20H33N5O8. The van der Waals surface area contributed by atoms with Crippen molar-refractivity contribution in [2.45, 2.75) is 76.5 Å². The van der Waals surface area contributed by atoms with E-state index in [9.17, 15) is 39.0 Å². The minimum absolute atomic E-state index is 0.105. The number of hydrogen-bond donors (Lipinski definition) is 6. The van der Waals surface area contributed by atoms with Crippen LogP contribution in [0.1, 0.15) is 52.4 Å². The number of nitrogens with zero attached hydrogens (tertiary/aromatic N) is 1. The first-order valence-corrected chi connectivity index (χ1v) is 10.8. The van der Waals surface area contributed by atoms with Crippen LogP contribution in [0.5, 0.6) is 0 Å². The summed E-state index contributed by atoms with van der Waals surface area (Å²) in [4.78, 5) is 73.2. The zero-order valence-corrected chi connectivity index (χ0v) is 18.8. The monoisotopic (exact) mass is 471 g/mol. The molecule has 1 heterocycles. The van der Waals surface area contributed by atoms with Crippen LogP contribution >= 0.6 is 0 Å². The van der Waals surface area contributed by atoms with Crippen molar-refractivity contribution in [2.24, 2.45) is 17.4 Å². The summed E-state index contributed by atoms with van der Waals surface area (Å²) in [6.07, 6.45) is -0.0309. The molecule has 0 saturated carbocycles. The Balaban J connectivity index is 3.04. The Hall–Kier alpha value is -3.22. The summed E-state index contributed by atoms with van der Waals surface area (Å²) in [5, 5.41) is 23.2. The number of carbonyl (C=O) groups is 6. The lowest BCUT2D eigenvalue weighted by Gasteiger charge is -2.28. The number of hydrogen-bond acceptors (Lipinski definition) is 7. The van der Waals surface area contributed by atoms with E-state index in [1.165, 1.54) is 0 Å². The highest BCUT2D eigenvalue weighted by Gasteiger charge is 2.39. The third kappa shape index (κ3) is 8.33. The van der Waals surface area contributed by atoms with Crippen molar-refractivity contribution in [3.8, 4) is 0 Å². The molecule has 186 valence electrons. The number of rotatable bonds is 13. The molecule has 0 aromatic rings. The first-order valence-electron chi connectivity index (χ1n) is 10.8. The summed E-state index contributed by atoms with van der Waals surface area (Å²) < 4.78 is 0. The van der Waals surface area contributed by atoms with Crippen molar-refractivity contribution in [3.05, 3.63) is 0 Å². The molecule has 13 nitrogen and oxygen atoms in total. The molecule has 0 spiro atoms. The minimum Gasteiger partial charge on any atom is -0.481 e. The van der Waals surface area contributed by atoms with Gasteiger partial charge in [-0.2, -0.15) is 0 Å². The van der Waals surface area contributed by atoms with E-state index in [0.29, 0.717) is 12.8 Å².